The predicted octanol–water partition coefficient (Wildman–Crippen LogP) is 4.02. The van der Waals surface area contributed by atoms with E-state index in [1.807, 2.05) is 24.3 Å². The SMILES string of the molecule is O=C(O)CCCC1CN(C(=O)C(NC(=O)OCC2c3ccccc3-c3ccccc32)C2CC2)C1. The minimum absolute atomic E-state index is 0.0184. The number of hydrogen-bond acceptors (Lipinski definition) is 4. The lowest BCUT2D eigenvalue weighted by atomic mass is 9.92. The monoisotopic (exact) mass is 462 g/mol. The maximum atomic E-state index is 13.0. The summed E-state index contributed by atoms with van der Waals surface area (Å²) in [6.45, 7) is 1.49. The average molecular weight is 463 g/mol. The van der Waals surface area contributed by atoms with Gasteiger partial charge in [-0.2, -0.15) is 0 Å². The van der Waals surface area contributed by atoms with E-state index in [1.54, 1.807) is 4.90 Å². The average Bonchev–Trinajstić information content (AvgIpc) is 3.59. The molecule has 178 valence electrons. The van der Waals surface area contributed by atoms with Crippen molar-refractivity contribution in [3.63, 3.8) is 0 Å². The normalized spacial score (nSPS) is 17.9. The second kappa shape index (κ2) is 9.49. The molecule has 2 aromatic carbocycles. The van der Waals surface area contributed by atoms with E-state index in [1.165, 1.54) is 11.1 Å². The number of benzene rings is 2. The summed E-state index contributed by atoms with van der Waals surface area (Å²) in [5, 5.41) is 11.6. The number of aliphatic carboxylic acids is 1. The molecule has 2 aromatic rings. The van der Waals surface area contributed by atoms with Crippen LogP contribution in [0.25, 0.3) is 11.1 Å². The highest BCUT2D eigenvalue weighted by atomic mass is 16.5. The largest absolute Gasteiger partial charge is 0.481 e. The van der Waals surface area contributed by atoms with Crippen LogP contribution in [0, 0.1) is 11.8 Å². The van der Waals surface area contributed by atoms with Crippen LogP contribution in [-0.4, -0.2) is 53.7 Å². The summed E-state index contributed by atoms with van der Waals surface area (Å²) in [6.07, 6.45) is 2.91. The van der Waals surface area contributed by atoms with Gasteiger partial charge in [-0.25, -0.2) is 4.79 Å². The molecular weight excluding hydrogens is 432 g/mol. The first-order chi connectivity index (χ1) is 16.5. The maximum absolute atomic E-state index is 13.0. The lowest BCUT2D eigenvalue weighted by Gasteiger charge is -2.41. The van der Waals surface area contributed by atoms with Crippen molar-refractivity contribution >= 4 is 18.0 Å². The Kier molecular flexibility index (Phi) is 6.26. The van der Waals surface area contributed by atoms with Gasteiger partial charge in [0.2, 0.25) is 5.91 Å². The van der Waals surface area contributed by atoms with Crippen LogP contribution in [0.1, 0.15) is 49.1 Å². The standard InChI is InChI=1S/C27H30N2O5/c30-24(31)11-5-6-17-14-29(15-17)26(32)25(18-12-13-18)28-27(33)34-16-23-21-9-3-1-7-19(21)20-8-2-4-10-22(20)23/h1-4,7-10,17-18,23,25H,5-6,11-16H2,(H,28,33)(H,30,31). The molecule has 0 spiro atoms. The second-order valence-electron chi connectivity index (χ2n) is 9.68. The summed E-state index contributed by atoms with van der Waals surface area (Å²) in [7, 11) is 0. The first-order valence-corrected chi connectivity index (χ1v) is 12.1. The van der Waals surface area contributed by atoms with Gasteiger partial charge in [0.05, 0.1) is 0 Å². The van der Waals surface area contributed by atoms with Crippen LogP contribution >= 0.6 is 0 Å². The Balaban J connectivity index is 1.15. The van der Waals surface area contributed by atoms with Crippen molar-refractivity contribution in [3.8, 4) is 11.1 Å². The molecule has 1 atom stereocenters. The number of carbonyl (C=O) groups excluding carboxylic acids is 2. The van der Waals surface area contributed by atoms with Gasteiger partial charge in [-0.05, 0) is 59.8 Å². The Hall–Kier alpha value is -3.35. The van der Waals surface area contributed by atoms with Gasteiger partial charge >= 0.3 is 12.1 Å². The smallest absolute Gasteiger partial charge is 0.407 e. The highest BCUT2D eigenvalue weighted by Gasteiger charge is 2.43. The summed E-state index contributed by atoms with van der Waals surface area (Å²) >= 11 is 0. The van der Waals surface area contributed by atoms with E-state index >= 15 is 0 Å². The third-order valence-corrected chi connectivity index (χ3v) is 7.25. The number of ether oxygens (including phenoxy) is 1. The Morgan fingerprint density at radius 2 is 1.62 bits per heavy atom. The van der Waals surface area contributed by atoms with Crippen molar-refractivity contribution in [1.29, 1.82) is 0 Å². The molecule has 34 heavy (non-hydrogen) atoms. The van der Waals surface area contributed by atoms with Gasteiger partial charge in [-0.15, -0.1) is 0 Å². The van der Waals surface area contributed by atoms with Gasteiger partial charge in [0.25, 0.3) is 0 Å². The highest BCUT2D eigenvalue weighted by Crippen LogP contribution is 2.44. The van der Waals surface area contributed by atoms with E-state index in [-0.39, 0.29) is 30.8 Å². The number of nitrogens with zero attached hydrogens (tertiary/aromatic N) is 1. The fourth-order valence-corrected chi connectivity index (χ4v) is 5.25. The first-order valence-electron chi connectivity index (χ1n) is 12.1. The summed E-state index contributed by atoms with van der Waals surface area (Å²) in [6, 6.07) is 15.8. The second-order valence-corrected chi connectivity index (χ2v) is 9.68. The molecule has 0 radical (unpaired) electrons. The quantitative estimate of drug-likeness (QED) is 0.587. The lowest BCUT2D eigenvalue weighted by molar-refractivity contribution is -0.141. The van der Waals surface area contributed by atoms with Crippen LogP contribution < -0.4 is 5.32 Å². The Morgan fingerprint density at radius 3 is 2.21 bits per heavy atom. The number of likely N-dealkylation sites (tertiary alicyclic amines) is 1. The summed E-state index contributed by atoms with van der Waals surface area (Å²) in [5.41, 5.74) is 4.66. The number of carboxylic acids is 1. The Labute approximate surface area is 199 Å². The summed E-state index contributed by atoms with van der Waals surface area (Å²) in [5.74, 6) is -0.342. The molecule has 1 unspecified atom stereocenters. The molecule has 7 nitrogen and oxygen atoms in total. The van der Waals surface area contributed by atoms with Gasteiger partial charge in [0.15, 0.2) is 0 Å². The molecule has 2 fully saturated rings. The fraction of sp³-hybridized carbons (Fsp3) is 0.444. The number of alkyl carbamates (subject to hydrolysis) is 1. The fourth-order valence-electron chi connectivity index (χ4n) is 5.25. The number of fused-ring (bicyclic) bond motifs is 3. The van der Waals surface area contributed by atoms with E-state index in [0.29, 0.717) is 25.4 Å². The maximum Gasteiger partial charge on any atom is 0.407 e. The van der Waals surface area contributed by atoms with Crippen LogP contribution in [0.5, 0.6) is 0 Å². The molecule has 1 heterocycles. The van der Waals surface area contributed by atoms with Crippen LogP contribution in [-0.2, 0) is 14.3 Å². The van der Waals surface area contributed by atoms with Gasteiger partial charge < -0.3 is 20.1 Å². The van der Waals surface area contributed by atoms with Crippen molar-refractivity contribution in [1.82, 2.24) is 10.2 Å². The summed E-state index contributed by atoms with van der Waals surface area (Å²) in [4.78, 5) is 38.2. The zero-order valence-electron chi connectivity index (χ0n) is 19.1. The van der Waals surface area contributed by atoms with Crippen molar-refractivity contribution in [2.24, 2.45) is 11.8 Å². The minimum atomic E-state index is -0.784. The van der Waals surface area contributed by atoms with Crippen molar-refractivity contribution in [2.45, 2.75) is 44.1 Å². The molecular formula is C27H30N2O5. The van der Waals surface area contributed by atoms with E-state index < -0.39 is 18.1 Å². The molecule has 2 amide bonds. The van der Waals surface area contributed by atoms with Gasteiger partial charge in [-0.3, -0.25) is 9.59 Å². The third kappa shape index (κ3) is 4.65. The zero-order valence-corrected chi connectivity index (χ0v) is 19.1. The first kappa shape index (κ1) is 22.4. The predicted molar refractivity (Wildman–Crippen MR) is 126 cm³/mol. The van der Waals surface area contributed by atoms with E-state index in [9.17, 15) is 14.4 Å². The Bertz CT molecular complexity index is 1040. The molecule has 2 N–H and O–H groups in total. The third-order valence-electron chi connectivity index (χ3n) is 7.25. The van der Waals surface area contributed by atoms with Gasteiger partial charge in [0, 0.05) is 25.4 Å². The number of hydrogen-bond donors (Lipinski definition) is 2. The number of carboxylic acid groups (broad SMARTS) is 1. The molecule has 0 aromatic heterocycles. The molecule has 0 bridgehead atoms. The molecule has 7 heteroatoms. The van der Waals surface area contributed by atoms with Crippen LogP contribution in [0.3, 0.4) is 0 Å². The highest BCUT2D eigenvalue weighted by molar-refractivity contribution is 5.87. The Morgan fingerprint density at radius 1 is 1.00 bits per heavy atom. The number of carbonyl (C=O) groups is 3. The summed E-state index contributed by atoms with van der Waals surface area (Å²) < 4.78 is 5.65. The van der Waals surface area contributed by atoms with E-state index in [2.05, 4.69) is 29.6 Å². The van der Waals surface area contributed by atoms with Crippen LogP contribution in [0.15, 0.2) is 48.5 Å². The molecule has 5 rings (SSSR count). The van der Waals surface area contributed by atoms with Crippen molar-refractivity contribution in [2.75, 3.05) is 19.7 Å². The number of amides is 2. The molecule has 1 aliphatic heterocycles. The van der Waals surface area contributed by atoms with E-state index in [0.717, 1.165) is 30.4 Å². The van der Waals surface area contributed by atoms with Crippen molar-refractivity contribution < 1.29 is 24.2 Å². The minimum Gasteiger partial charge on any atom is -0.481 e. The van der Waals surface area contributed by atoms with Crippen LogP contribution in [0.2, 0.25) is 0 Å². The molecule has 1 saturated heterocycles. The molecule has 1 saturated carbocycles. The van der Waals surface area contributed by atoms with Crippen LogP contribution in [0.4, 0.5) is 4.79 Å². The topological polar surface area (TPSA) is 95.9 Å². The van der Waals surface area contributed by atoms with E-state index in [4.69, 9.17) is 9.84 Å². The van der Waals surface area contributed by atoms with Gasteiger partial charge in [0.1, 0.15) is 12.6 Å². The number of nitrogens with one attached hydrogen (secondary N) is 1. The van der Waals surface area contributed by atoms with Crippen molar-refractivity contribution in [3.05, 3.63) is 59.7 Å². The zero-order chi connectivity index (χ0) is 23.7. The van der Waals surface area contributed by atoms with Gasteiger partial charge in [-0.1, -0.05) is 48.5 Å². The lowest BCUT2D eigenvalue weighted by Crippen LogP contribution is -2.57. The molecule has 2 aliphatic carbocycles. The number of rotatable bonds is 9. The molecule has 3 aliphatic rings.